The van der Waals surface area contributed by atoms with Crippen molar-refractivity contribution in [2.75, 3.05) is 19.6 Å². The topological polar surface area (TPSA) is 69.7 Å². The van der Waals surface area contributed by atoms with Gasteiger partial charge in [-0.3, -0.25) is 14.4 Å². The van der Waals surface area contributed by atoms with Crippen LogP contribution in [-0.2, 0) is 9.59 Å². The van der Waals surface area contributed by atoms with Crippen LogP contribution in [0.4, 0.5) is 4.39 Å². The Kier molecular flexibility index (Phi) is 4.45. The molecule has 1 aromatic carbocycles. The highest BCUT2D eigenvalue weighted by Gasteiger charge is 2.42. The van der Waals surface area contributed by atoms with E-state index in [0.29, 0.717) is 19.5 Å². The van der Waals surface area contributed by atoms with Crippen LogP contribution in [-0.4, -0.2) is 59.2 Å². The lowest BCUT2D eigenvalue weighted by Gasteiger charge is -2.37. The SMILES string of the molecule is CC(=O)N[C@H]1C[C@H]2CN(C(=O)c3c(F)cccc3Cl)CC(=O)N2C1. The molecule has 0 radical (unpaired) electrons. The van der Waals surface area contributed by atoms with Crippen molar-refractivity contribution in [1.82, 2.24) is 15.1 Å². The van der Waals surface area contributed by atoms with Crippen LogP contribution >= 0.6 is 11.6 Å². The average Bonchev–Trinajstić information content (AvgIpc) is 2.89. The monoisotopic (exact) mass is 353 g/mol. The number of amides is 3. The van der Waals surface area contributed by atoms with Gasteiger partial charge in [0, 0.05) is 26.1 Å². The fraction of sp³-hybridized carbons (Fsp3) is 0.438. The van der Waals surface area contributed by atoms with Gasteiger partial charge in [0.15, 0.2) is 0 Å². The summed E-state index contributed by atoms with van der Waals surface area (Å²) < 4.78 is 14.0. The van der Waals surface area contributed by atoms with E-state index in [9.17, 15) is 18.8 Å². The van der Waals surface area contributed by atoms with Crippen molar-refractivity contribution >= 4 is 29.3 Å². The van der Waals surface area contributed by atoms with E-state index in [1.54, 1.807) is 4.90 Å². The average molecular weight is 354 g/mol. The summed E-state index contributed by atoms with van der Waals surface area (Å²) >= 11 is 5.94. The highest BCUT2D eigenvalue weighted by molar-refractivity contribution is 6.33. The Labute approximate surface area is 143 Å². The molecular formula is C16H17ClFN3O3. The second-order valence-electron chi connectivity index (χ2n) is 6.12. The first kappa shape index (κ1) is 16.7. The normalized spacial score (nSPS) is 23.2. The summed E-state index contributed by atoms with van der Waals surface area (Å²) in [7, 11) is 0. The fourth-order valence-corrected chi connectivity index (χ4v) is 3.62. The summed E-state index contributed by atoms with van der Waals surface area (Å²) in [5, 5.41) is 2.82. The van der Waals surface area contributed by atoms with E-state index < -0.39 is 11.7 Å². The number of carbonyl (C=O) groups excluding carboxylic acids is 3. The van der Waals surface area contributed by atoms with Crippen LogP contribution in [0.5, 0.6) is 0 Å². The Balaban J connectivity index is 1.77. The van der Waals surface area contributed by atoms with Crippen LogP contribution in [0.2, 0.25) is 5.02 Å². The smallest absolute Gasteiger partial charge is 0.258 e. The Morgan fingerprint density at radius 2 is 2.08 bits per heavy atom. The second kappa shape index (κ2) is 6.39. The van der Waals surface area contributed by atoms with Crippen LogP contribution < -0.4 is 5.32 Å². The van der Waals surface area contributed by atoms with Gasteiger partial charge in [0.2, 0.25) is 11.8 Å². The third-order valence-electron chi connectivity index (χ3n) is 4.36. The van der Waals surface area contributed by atoms with Gasteiger partial charge >= 0.3 is 0 Å². The van der Waals surface area contributed by atoms with E-state index in [-0.39, 0.29) is 41.0 Å². The van der Waals surface area contributed by atoms with Crippen LogP contribution in [0.25, 0.3) is 0 Å². The molecule has 0 aliphatic carbocycles. The minimum Gasteiger partial charge on any atom is -0.352 e. The first-order valence-electron chi connectivity index (χ1n) is 7.66. The number of nitrogens with zero attached hydrogens (tertiary/aromatic N) is 2. The molecule has 0 saturated carbocycles. The van der Waals surface area contributed by atoms with Gasteiger partial charge in [-0.1, -0.05) is 17.7 Å². The predicted molar refractivity (Wildman–Crippen MR) is 85.0 cm³/mol. The van der Waals surface area contributed by atoms with Crippen LogP contribution in [0.3, 0.4) is 0 Å². The highest BCUT2D eigenvalue weighted by atomic mass is 35.5. The van der Waals surface area contributed by atoms with E-state index in [1.807, 2.05) is 0 Å². The summed E-state index contributed by atoms with van der Waals surface area (Å²) in [6, 6.07) is 3.73. The molecule has 1 N–H and O–H groups in total. The lowest BCUT2D eigenvalue weighted by molar-refractivity contribution is -0.136. The zero-order valence-electron chi connectivity index (χ0n) is 13.1. The van der Waals surface area contributed by atoms with E-state index in [4.69, 9.17) is 11.6 Å². The summed E-state index contributed by atoms with van der Waals surface area (Å²) in [4.78, 5) is 39.1. The van der Waals surface area contributed by atoms with Crippen molar-refractivity contribution in [1.29, 1.82) is 0 Å². The molecule has 0 spiro atoms. The summed E-state index contributed by atoms with van der Waals surface area (Å²) in [5.74, 6) is -1.66. The summed E-state index contributed by atoms with van der Waals surface area (Å²) in [6.45, 7) is 2.04. The first-order valence-corrected chi connectivity index (χ1v) is 8.04. The molecule has 24 heavy (non-hydrogen) atoms. The Morgan fingerprint density at radius 1 is 1.33 bits per heavy atom. The molecule has 2 aliphatic rings. The number of nitrogens with one attached hydrogen (secondary N) is 1. The Bertz CT molecular complexity index is 692. The molecule has 2 saturated heterocycles. The molecule has 2 fully saturated rings. The number of hydrogen-bond acceptors (Lipinski definition) is 3. The fourth-order valence-electron chi connectivity index (χ4n) is 3.38. The van der Waals surface area contributed by atoms with Crippen LogP contribution in [0.15, 0.2) is 18.2 Å². The van der Waals surface area contributed by atoms with E-state index >= 15 is 0 Å². The Morgan fingerprint density at radius 3 is 2.75 bits per heavy atom. The van der Waals surface area contributed by atoms with Gasteiger partial charge in [0.25, 0.3) is 5.91 Å². The van der Waals surface area contributed by atoms with E-state index in [2.05, 4.69) is 5.32 Å². The first-order chi connectivity index (χ1) is 11.4. The van der Waals surface area contributed by atoms with Gasteiger partial charge in [-0.15, -0.1) is 0 Å². The predicted octanol–water partition coefficient (Wildman–Crippen LogP) is 1.04. The highest BCUT2D eigenvalue weighted by Crippen LogP contribution is 2.26. The van der Waals surface area contributed by atoms with Crippen molar-refractivity contribution in [3.8, 4) is 0 Å². The molecule has 0 bridgehead atoms. The van der Waals surface area contributed by atoms with Crippen LogP contribution in [0, 0.1) is 5.82 Å². The Hall–Kier alpha value is -2.15. The third-order valence-corrected chi connectivity index (χ3v) is 4.68. The van der Waals surface area contributed by atoms with E-state index in [1.165, 1.54) is 30.0 Å². The maximum absolute atomic E-state index is 14.0. The largest absolute Gasteiger partial charge is 0.352 e. The molecule has 1 aromatic rings. The lowest BCUT2D eigenvalue weighted by atomic mass is 10.1. The number of carbonyl (C=O) groups is 3. The number of halogens is 2. The molecule has 3 amide bonds. The van der Waals surface area contributed by atoms with Gasteiger partial charge in [-0.25, -0.2) is 4.39 Å². The molecule has 8 heteroatoms. The minimum absolute atomic E-state index is 0.0254. The van der Waals surface area contributed by atoms with Gasteiger partial charge in [0.05, 0.1) is 16.6 Å². The molecule has 6 nitrogen and oxygen atoms in total. The van der Waals surface area contributed by atoms with Gasteiger partial charge < -0.3 is 15.1 Å². The number of benzene rings is 1. The van der Waals surface area contributed by atoms with Crippen molar-refractivity contribution < 1.29 is 18.8 Å². The van der Waals surface area contributed by atoms with Gasteiger partial charge in [-0.2, -0.15) is 0 Å². The maximum atomic E-state index is 14.0. The lowest BCUT2D eigenvalue weighted by Crippen LogP contribution is -2.55. The van der Waals surface area contributed by atoms with Crippen molar-refractivity contribution in [2.24, 2.45) is 0 Å². The molecule has 2 heterocycles. The van der Waals surface area contributed by atoms with Crippen molar-refractivity contribution in [2.45, 2.75) is 25.4 Å². The number of fused-ring (bicyclic) bond motifs is 1. The standard InChI is InChI=1S/C16H17ClFN3O3/c1-9(22)19-10-5-11-7-20(8-14(23)21(11)6-10)16(24)15-12(17)3-2-4-13(15)18/h2-4,10-11H,5-8H2,1H3,(H,19,22)/t10-,11-/m0/s1. The zero-order chi connectivity index (χ0) is 17.4. The molecule has 0 aromatic heterocycles. The second-order valence-corrected chi connectivity index (χ2v) is 6.52. The van der Waals surface area contributed by atoms with Crippen molar-refractivity contribution in [3.05, 3.63) is 34.6 Å². The van der Waals surface area contributed by atoms with Gasteiger partial charge in [0.1, 0.15) is 12.4 Å². The molecule has 128 valence electrons. The molecule has 2 atom stereocenters. The number of piperazine rings is 1. The zero-order valence-corrected chi connectivity index (χ0v) is 13.8. The number of rotatable bonds is 2. The molecule has 3 rings (SSSR count). The quantitative estimate of drug-likeness (QED) is 0.863. The summed E-state index contributed by atoms with van der Waals surface area (Å²) in [6.07, 6.45) is 0.570. The summed E-state index contributed by atoms with van der Waals surface area (Å²) in [5.41, 5.74) is -0.211. The molecule has 0 unspecified atom stereocenters. The molecular weight excluding hydrogens is 337 g/mol. The third kappa shape index (κ3) is 3.08. The van der Waals surface area contributed by atoms with Gasteiger partial charge in [-0.05, 0) is 18.6 Å². The number of hydrogen-bond donors (Lipinski definition) is 1. The van der Waals surface area contributed by atoms with Crippen molar-refractivity contribution in [3.63, 3.8) is 0 Å². The minimum atomic E-state index is -0.704. The van der Waals surface area contributed by atoms with Crippen LogP contribution in [0.1, 0.15) is 23.7 Å². The molecule has 2 aliphatic heterocycles. The maximum Gasteiger partial charge on any atom is 0.258 e. The van der Waals surface area contributed by atoms with E-state index in [0.717, 1.165) is 0 Å².